The Kier molecular flexibility index (Phi) is 9.58. The number of benzene rings is 4. The van der Waals surface area contributed by atoms with Crippen molar-refractivity contribution in [3.05, 3.63) is 222 Å². The van der Waals surface area contributed by atoms with Gasteiger partial charge in [0.25, 0.3) is 11.8 Å². The average molecular weight is 907 g/mol. The summed E-state index contributed by atoms with van der Waals surface area (Å²) >= 11 is 0. The van der Waals surface area contributed by atoms with Crippen LogP contribution in [0.1, 0.15) is 140 Å². The van der Waals surface area contributed by atoms with Crippen LogP contribution in [0.4, 0.5) is 11.6 Å². The van der Waals surface area contributed by atoms with Gasteiger partial charge in [0, 0.05) is 60.4 Å². The van der Waals surface area contributed by atoms with E-state index in [4.69, 9.17) is 26.4 Å². The minimum atomic E-state index is -1.79. The monoisotopic (exact) mass is 906 g/mol. The lowest BCUT2D eigenvalue weighted by Crippen LogP contribution is -2.24. The summed E-state index contributed by atoms with van der Waals surface area (Å²) in [6.45, 7) is 4.84. The van der Waals surface area contributed by atoms with E-state index in [1.165, 1.54) is 9.36 Å². The fourth-order valence-electron chi connectivity index (χ4n) is 9.90. The Balaban J connectivity index is 0.000000156. The molecule has 8 aromatic rings. The Morgan fingerprint density at radius 1 is 0.559 bits per heavy atom. The maximum Gasteiger partial charge on any atom is 0.251 e. The summed E-state index contributed by atoms with van der Waals surface area (Å²) in [5.74, 6) is 0.591. The second kappa shape index (κ2) is 17.0. The highest BCUT2D eigenvalue weighted by molar-refractivity contribution is 5.95. The lowest BCUT2D eigenvalue weighted by Gasteiger charge is -2.18. The number of amides is 2. The second-order valence-electron chi connectivity index (χ2n) is 17.5. The first-order chi connectivity index (χ1) is 34.5. The highest BCUT2D eigenvalue weighted by Crippen LogP contribution is 2.55. The molecule has 14 nitrogen and oxygen atoms in total. The summed E-state index contributed by atoms with van der Waals surface area (Å²) in [5, 5.41) is 14.2. The number of anilines is 2. The number of hydrogen-bond donors (Lipinski definition) is 4. The standard InChI is InChI=1S/2C27H25N5O2/c1-15-10-24(28)31-16(2)23(15)13-29-27(33)18-5-7-20-22(12-18)26-19-6-4-17(11-21(19)25(20)34-26)14-32-9-3-8-30-32;1-15-10-24(28)31-16(2)23(15)13-29-27(33)18-5-7-20-22(12-18)26-21-11-17(14-32-9-3-8-30-32)4-6-19(21)25(20)34-26/h2*3-12,25-26H,13-14H2,1-2H3,(H2,28,31)(H,29,33)/i2*14D2. The molecule has 0 spiro atoms. The molecular weight excluding hydrogens is 853 g/mol. The third-order valence-electron chi connectivity index (χ3n) is 13.2. The number of aryl methyl sites for hydroxylation is 4. The molecule has 4 aromatic heterocycles. The lowest BCUT2D eigenvalue weighted by atomic mass is 9.84. The molecule has 6 N–H and O–H groups in total. The largest absolute Gasteiger partial charge is 0.384 e. The molecule has 4 bridgehead atoms. The van der Waals surface area contributed by atoms with Crippen molar-refractivity contribution in [2.75, 3.05) is 11.5 Å². The van der Waals surface area contributed by atoms with E-state index < -0.39 is 13.0 Å². The van der Waals surface area contributed by atoms with Gasteiger partial charge >= 0.3 is 0 Å². The second-order valence-corrected chi connectivity index (χ2v) is 17.5. The number of carbonyl (C=O) groups excluding carboxylic acids is 2. The number of hydrogen-bond acceptors (Lipinski definition) is 10. The highest BCUT2D eigenvalue weighted by atomic mass is 16.5. The third-order valence-corrected chi connectivity index (χ3v) is 13.2. The van der Waals surface area contributed by atoms with E-state index in [1.807, 2.05) is 88.4 Å². The molecule has 12 rings (SSSR count). The molecule has 68 heavy (non-hydrogen) atoms. The van der Waals surface area contributed by atoms with E-state index in [0.29, 0.717) is 47.0 Å². The van der Waals surface area contributed by atoms with E-state index in [0.717, 1.165) is 78.1 Å². The van der Waals surface area contributed by atoms with Crippen LogP contribution in [0, 0.1) is 27.7 Å². The zero-order chi connectivity index (χ0) is 50.4. The third kappa shape index (κ3) is 7.76. The first-order valence-corrected chi connectivity index (χ1v) is 22.4. The van der Waals surface area contributed by atoms with E-state index in [1.54, 1.807) is 61.2 Å². The van der Waals surface area contributed by atoms with Crippen molar-refractivity contribution in [2.24, 2.45) is 0 Å². The Morgan fingerprint density at radius 2 is 0.941 bits per heavy atom. The quantitative estimate of drug-likeness (QED) is 0.105. The van der Waals surface area contributed by atoms with Crippen molar-refractivity contribution in [1.82, 2.24) is 40.2 Å². The number of nitrogens with two attached hydrogens (primary N) is 2. The molecule has 4 atom stereocenters. The smallest absolute Gasteiger partial charge is 0.251 e. The summed E-state index contributed by atoms with van der Waals surface area (Å²) < 4.78 is 49.4. The molecule has 8 heterocycles. The van der Waals surface area contributed by atoms with Crippen molar-refractivity contribution >= 4 is 23.5 Å². The molecule has 0 radical (unpaired) electrons. The van der Waals surface area contributed by atoms with Gasteiger partial charge in [-0.1, -0.05) is 48.5 Å². The van der Waals surface area contributed by atoms with Gasteiger partial charge in [0.1, 0.15) is 36.1 Å². The van der Waals surface area contributed by atoms with Crippen molar-refractivity contribution in [3.63, 3.8) is 0 Å². The fraction of sp³-hybridized carbons (Fsp3) is 0.222. The number of aromatic nitrogens is 6. The van der Waals surface area contributed by atoms with E-state index in [2.05, 4.69) is 30.8 Å². The zero-order valence-electron chi connectivity index (χ0n) is 41.7. The number of rotatable bonds is 10. The molecule has 4 aliphatic rings. The molecule has 4 aromatic carbocycles. The van der Waals surface area contributed by atoms with Crippen LogP contribution in [0.3, 0.4) is 0 Å². The maximum absolute atomic E-state index is 13.0. The summed E-state index contributed by atoms with van der Waals surface area (Å²) in [6, 6.07) is 29.5. The van der Waals surface area contributed by atoms with Crippen LogP contribution in [-0.2, 0) is 35.6 Å². The fourth-order valence-corrected chi connectivity index (χ4v) is 9.90. The van der Waals surface area contributed by atoms with Gasteiger partial charge in [-0.3, -0.25) is 19.0 Å². The van der Waals surface area contributed by atoms with Gasteiger partial charge < -0.3 is 31.6 Å². The maximum atomic E-state index is 13.0. The lowest BCUT2D eigenvalue weighted by molar-refractivity contribution is 0.0855. The number of carbonyl (C=O) groups is 2. The molecular formula is C54H50N10O4. The molecule has 2 amide bonds. The molecule has 0 aliphatic carbocycles. The van der Waals surface area contributed by atoms with Gasteiger partial charge in [-0.15, -0.1) is 0 Å². The van der Waals surface area contributed by atoms with Crippen LogP contribution in [0.5, 0.6) is 0 Å². The Morgan fingerprint density at radius 3 is 1.34 bits per heavy atom. The van der Waals surface area contributed by atoms with Crippen molar-refractivity contribution in [2.45, 2.75) is 78.2 Å². The van der Waals surface area contributed by atoms with Gasteiger partial charge in [-0.25, -0.2) is 9.97 Å². The predicted octanol–water partition coefficient (Wildman–Crippen LogP) is 7.96. The van der Waals surface area contributed by atoms with Crippen LogP contribution in [0.15, 0.2) is 122 Å². The van der Waals surface area contributed by atoms with Crippen molar-refractivity contribution in [1.29, 1.82) is 0 Å². The van der Waals surface area contributed by atoms with Crippen molar-refractivity contribution in [3.8, 4) is 0 Å². The van der Waals surface area contributed by atoms with Gasteiger partial charge in [0.15, 0.2) is 0 Å². The molecule has 0 saturated carbocycles. The van der Waals surface area contributed by atoms with Gasteiger partial charge in [-0.05, 0) is 154 Å². The summed E-state index contributed by atoms with van der Waals surface area (Å²) in [4.78, 5) is 34.6. The first kappa shape index (κ1) is 38.2. The number of pyridine rings is 2. The molecule has 4 aliphatic heterocycles. The highest BCUT2D eigenvalue weighted by Gasteiger charge is 2.44. The Labute approximate surface area is 399 Å². The van der Waals surface area contributed by atoms with Gasteiger partial charge in [-0.2, -0.15) is 10.2 Å². The predicted molar refractivity (Wildman–Crippen MR) is 257 cm³/mol. The molecule has 340 valence electrons. The molecule has 14 heteroatoms. The van der Waals surface area contributed by atoms with E-state index in [-0.39, 0.29) is 36.2 Å². The summed E-state index contributed by atoms with van der Waals surface area (Å²) in [6.07, 6.45) is 5.24. The molecule has 4 unspecified atom stereocenters. The van der Waals surface area contributed by atoms with Gasteiger partial charge in [0.05, 0.1) is 18.5 Å². The first-order valence-electron chi connectivity index (χ1n) is 24.4. The number of nitrogens with one attached hydrogen (secondary N) is 2. The Bertz CT molecular complexity index is 3450. The zero-order valence-corrected chi connectivity index (χ0v) is 37.7. The van der Waals surface area contributed by atoms with Crippen molar-refractivity contribution < 1.29 is 24.5 Å². The number of nitrogens with zero attached hydrogens (tertiary/aromatic N) is 6. The van der Waals surface area contributed by atoms with Crippen LogP contribution in [0.25, 0.3) is 0 Å². The minimum Gasteiger partial charge on any atom is -0.384 e. The van der Waals surface area contributed by atoms with Crippen LogP contribution in [-0.4, -0.2) is 41.3 Å². The SMILES string of the molecule is [2H]C([2H])(c1ccc2c(c1)C1OC2c2cc(C(=O)NCc3c(C)cc(N)nc3C)ccc21)n1cccn1.[2H]C([2H])(c1ccc2c(c1)C1OC2c2ccc(C(=O)NCc3c(C)cc(N)nc3C)cc21)n1cccn1. The molecule has 0 saturated heterocycles. The van der Waals surface area contributed by atoms with Crippen LogP contribution < -0.4 is 22.1 Å². The number of nitrogen functional groups attached to an aromatic ring is 2. The average Bonchev–Trinajstić information content (AvgIpc) is 4.23. The minimum absolute atomic E-state index is 0.167. The van der Waals surface area contributed by atoms with Crippen LogP contribution >= 0.6 is 0 Å². The van der Waals surface area contributed by atoms with Crippen LogP contribution in [0.2, 0.25) is 0 Å². The van der Waals surface area contributed by atoms with E-state index >= 15 is 0 Å². The van der Waals surface area contributed by atoms with E-state index in [9.17, 15) is 9.59 Å². The Hall–Kier alpha value is -7.94. The normalized spacial score (nSPS) is 18.8. The molecule has 0 fully saturated rings. The number of fused-ring (bicyclic) bond motifs is 16. The topological polar surface area (TPSA) is 190 Å². The summed E-state index contributed by atoms with van der Waals surface area (Å²) in [7, 11) is 0. The van der Waals surface area contributed by atoms with Gasteiger partial charge in [0.2, 0.25) is 0 Å². The summed E-state index contributed by atoms with van der Waals surface area (Å²) in [5.41, 5.74) is 27.2. The number of ether oxygens (including phenoxy) is 2.